The van der Waals surface area contributed by atoms with E-state index in [0.29, 0.717) is 31.6 Å². The number of aliphatic imine (C=N–C) groups is 1. The van der Waals surface area contributed by atoms with Crippen molar-refractivity contribution in [3.63, 3.8) is 0 Å². The molecule has 1 N–H and O–H groups in total. The fourth-order valence-electron chi connectivity index (χ4n) is 3.06. The van der Waals surface area contributed by atoms with Crippen LogP contribution in [-0.2, 0) is 17.8 Å². The van der Waals surface area contributed by atoms with Crippen molar-refractivity contribution in [2.45, 2.75) is 13.0 Å². The van der Waals surface area contributed by atoms with Crippen molar-refractivity contribution in [2.24, 2.45) is 4.99 Å². The summed E-state index contributed by atoms with van der Waals surface area (Å²) in [7, 11) is 2.13. The Morgan fingerprint density at radius 3 is 2.58 bits per heavy atom. The molecule has 0 bridgehead atoms. The third-order valence-electron chi connectivity index (χ3n) is 4.57. The molecule has 9 heteroatoms. The van der Waals surface area contributed by atoms with Crippen LogP contribution in [0.5, 0.6) is 0 Å². The number of halogens is 4. The quantitative estimate of drug-likeness (QED) is 0.287. The van der Waals surface area contributed by atoms with Gasteiger partial charge in [-0.1, -0.05) is 10.0 Å². The van der Waals surface area contributed by atoms with Gasteiger partial charge in [0.15, 0.2) is 0 Å². The van der Waals surface area contributed by atoms with Gasteiger partial charge in [-0.25, -0.2) is 0 Å². The number of nitrogens with zero attached hydrogens (tertiary/aromatic N) is 2. The van der Waals surface area contributed by atoms with E-state index in [1.807, 2.05) is 14.5 Å². The van der Waals surface area contributed by atoms with Crippen LogP contribution in [0.4, 0.5) is 5.69 Å². The van der Waals surface area contributed by atoms with Crippen LogP contribution in [0.25, 0.3) is 0 Å². The van der Waals surface area contributed by atoms with E-state index in [0.717, 1.165) is 25.2 Å². The Balaban J connectivity index is 0.000000364. The Morgan fingerprint density at radius 2 is 1.97 bits per heavy atom. The maximum absolute atomic E-state index is 11.1. The van der Waals surface area contributed by atoms with Crippen molar-refractivity contribution < 1.29 is 44.9 Å². The van der Waals surface area contributed by atoms with Crippen LogP contribution in [0.3, 0.4) is 0 Å². The minimum atomic E-state index is -0.430. The summed E-state index contributed by atoms with van der Waals surface area (Å²) in [4.78, 5) is 17.9. The first kappa shape index (κ1) is 28.4. The Hall–Kier alpha value is -0.853. The van der Waals surface area contributed by atoms with Crippen LogP contribution in [0, 0.1) is 12.6 Å². The third-order valence-corrected chi connectivity index (χ3v) is 7.32. The summed E-state index contributed by atoms with van der Waals surface area (Å²) in [6, 6.07) is 14.4. The van der Waals surface area contributed by atoms with E-state index in [2.05, 4.69) is 62.5 Å². The summed E-state index contributed by atoms with van der Waals surface area (Å²) < 4.78 is 4.24. The van der Waals surface area contributed by atoms with Gasteiger partial charge in [0.05, 0.1) is 0 Å². The summed E-state index contributed by atoms with van der Waals surface area (Å²) in [6.07, 6.45) is 3.00. The first-order chi connectivity index (χ1) is 15.4. The van der Waals surface area contributed by atoms with E-state index in [1.165, 1.54) is 11.1 Å². The minimum absolute atomic E-state index is 0. The minimum Gasteiger partial charge on any atom is 1.00 e. The van der Waals surface area contributed by atoms with Gasteiger partial charge in [0.1, 0.15) is 0 Å². The summed E-state index contributed by atoms with van der Waals surface area (Å²) in [5.41, 5.74) is 4.58. The first-order valence-electron chi connectivity index (χ1n) is 9.54. The third kappa shape index (κ3) is 8.70. The Kier molecular flexibility index (Phi) is 11.9. The van der Waals surface area contributed by atoms with Crippen LogP contribution in [0.15, 0.2) is 65.4 Å². The monoisotopic (exact) mass is 648 g/mol. The van der Waals surface area contributed by atoms with E-state index >= 15 is 0 Å². The van der Waals surface area contributed by atoms with E-state index in [-0.39, 0.29) is 18.9 Å². The van der Waals surface area contributed by atoms with Crippen molar-refractivity contribution >= 4 is 56.8 Å². The molecule has 2 aromatic carbocycles. The topological polar surface area (TPSA) is 44.7 Å². The van der Waals surface area contributed by atoms with Crippen molar-refractivity contribution in [3.8, 4) is 0 Å². The molecule has 0 spiro atoms. The molecule has 0 fully saturated rings. The predicted molar refractivity (Wildman–Crippen MR) is 131 cm³/mol. The zero-order valence-electron chi connectivity index (χ0n) is 18.1. The number of carbonyl (C=O) groups excluding carboxylic acids is 1. The van der Waals surface area contributed by atoms with E-state index in [9.17, 15) is 4.79 Å². The van der Waals surface area contributed by atoms with Gasteiger partial charge in [-0.05, 0) is 0 Å². The molecule has 2 aliphatic rings. The number of rotatable bonds is 4. The van der Waals surface area contributed by atoms with Crippen molar-refractivity contribution in [3.05, 3.63) is 94.3 Å². The Labute approximate surface area is 235 Å². The Bertz CT molecular complexity index is 1100. The molecule has 0 radical (unpaired) electrons. The molecule has 4 nitrogen and oxygen atoms in total. The standard InChI is InChI=1S/C18H16BrIN3O.C6H3Cl2.Li/c1-12(19)18-15(11-24)8-20-9-17(22-18)21-16-4-3-13-5-6-23(2)10-14(13)7-16;7-5-2-1-3-6(8)4-5;/h1,3-4,7-9,21H,5-6,10H2,2H3;1-3H;/q-3;-1;+1. The largest absolute Gasteiger partial charge is 1.00 e. The number of nitrogens with one attached hydrogen (secondary N) is 1. The van der Waals surface area contributed by atoms with E-state index in [4.69, 9.17) is 29.8 Å². The molecular formula is C24H19BrCl2ILiN3O-3. The molecule has 0 unspecified atom stereocenters. The second kappa shape index (κ2) is 13.9. The number of allylic oxidation sites excluding steroid dienone is 2. The number of anilines is 1. The Morgan fingerprint density at radius 1 is 1.24 bits per heavy atom. The number of hydrogen-bond donors (Lipinski definition) is 1. The smallest absolute Gasteiger partial charge is 1.00 e. The van der Waals surface area contributed by atoms with Gasteiger partial charge in [0, 0.05) is 0 Å². The number of benzene rings is 2. The normalized spacial score (nSPS) is 15.5. The molecule has 0 saturated carbocycles. The number of fused-ring (bicyclic) bond motifs is 1. The number of likely N-dealkylation sites (N-methyl/N-ethyl adjacent to an activating group) is 1. The van der Waals surface area contributed by atoms with Crippen LogP contribution in [0.1, 0.15) is 11.1 Å². The second-order valence-corrected chi connectivity index (χ2v) is 10.6. The SMILES string of the molecule is Clc1[c-]c(Cl)ccc1.[CH-]=C(Br)C1=NC(Nc2ccc3c(c2)CN(C)CC3)=C[I-]C=C1[C-]=O.[Li+]. The molecule has 0 amide bonds. The molecule has 0 aromatic heterocycles. The van der Waals surface area contributed by atoms with Gasteiger partial charge in [-0.15, -0.1) is 29.3 Å². The van der Waals surface area contributed by atoms with Crippen LogP contribution < -0.4 is 45.4 Å². The molecule has 2 aromatic rings. The van der Waals surface area contributed by atoms with Gasteiger partial charge in [0.2, 0.25) is 0 Å². The molecule has 2 aliphatic heterocycles. The molecule has 0 saturated heterocycles. The molecule has 33 heavy (non-hydrogen) atoms. The average molecular weight is 650 g/mol. The fourth-order valence-corrected chi connectivity index (χ4v) is 5.35. The van der Waals surface area contributed by atoms with Gasteiger partial charge < -0.3 is 0 Å². The molecule has 0 atom stereocenters. The summed E-state index contributed by atoms with van der Waals surface area (Å²) in [6.45, 7) is 7.85. The van der Waals surface area contributed by atoms with Gasteiger partial charge >= 0.3 is 180 Å². The van der Waals surface area contributed by atoms with Gasteiger partial charge in [-0.2, -0.15) is 18.2 Å². The summed E-state index contributed by atoms with van der Waals surface area (Å²) in [5.74, 6) is 0.714. The maximum Gasteiger partial charge on any atom is 1.00 e. The molecule has 2 heterocycles. The van der Waals surface area contributed by atoms with Gasteiger partial charge in [-0.3, -0.25) is 0 Å². The summed E-state index contributed by atoms with van der Waals surface area (Å²) >= 11 is 13.8. The second-order valence-electron chi connectivity index (χ2n) is 7.00. The van der Waals surface area contributed by atoms with Crippen LogP contribution in [-0.4, -0.2) is 30.5 Å². The van der Waals surface area contributed by atoms with Crippen molar-refractivity contribution in [1.29, 1.82) is 0 Å². The zero-order chi connectivity index (χ0) is 23.1. The van der Waals surface area contributed by atoms with Crippen molar-refractivity contribution in [1.82, 2.24) is 4.90 Å². The summed E-state index contributed by atoms with van der Waals surface area (Å²) in [5, 5.41) is 4.45. The van der Waals surface area contributed by atoms with Crippen LogP contribution >= 0.6 is 39.1 Å². The van der Waals surface area contributed by atoms with Crippen LogP contribution in [0.2, 0.25) is 10.0 Å². The predicted octanol–water partition coefficient (Wildman–Crippen LogP) is -0.0681. The van der Waals surface area contributed by atoms with Crippen molar-refractivity contribution in [2.75, 3.05) is 18.9 Å². The molecule has 4 rings (SSSR count). The van der Waals surface area contributed by atoms with Gasteiger partial charge in [0.25, 0.3) is 0 Å². The number of hydrogen-bond acceptors (Lipinski definition) is 4. The molecular weight excluding hydrogens is 631 g/mol. The maximum atomic E-state index is 11.1. The average Bonchev–Trinajstić information content (AvgIpc) is 2.96. The molecule has 0 aliphatic carbocycles. The van der Waals surface area contributed by atoms with E-state index < -0.39 is 21.2 Å². The van der Waals surface area contributed by atoms with E-state index in [1.54, 1.807) is 18.2 Å². The molecule has 168 valence electrons. The first-order valence-corrected chi connectivity index (χ1v) is 13.6. The fraction of sp³-hybridized carbons (Fsp3) is 0.167. The zero-order valence-corrected chi connectivity index (χ0v) is 23.4.